The number of benzene rings is 15. The van der Waals surface area contributed by atoms with Crippen molar-refractivity contribution in [2.24, 2.45) is 0 Å². The summed E-state index contributed by atoms with van der Waals surface area (Å²) in [6, 6.07) is 108. The SMILES string of the molecule is CC(=O)c1ccc(Oc2ccc(-c3nc4ccc(C(=O)c5ccc(Oc6ccc(-c7nc8cc(C(C)=O)ccc8nc7-c7ccc(Oc8ccc(C(=O)c9ccc%10nc(-c%11ccc(Oc%12ccccc%12)cc%11)c(-c%11ccc(Oc%12ccccc%12)cc%11)nc%10c9)cc8)cc7)cc6)cc5)cc4nc3-c3ccc(Oc4ccc(C(C)=O)cc4)cc3)cc2)cc1. The van der Waals surface area contributed by atoms with E-state index in [4.69, 9.17) is 58.3 Å². The Balaban J connectivity index is 0.557. The summed E-state index contributed by atoms with van der Waals surface area (Å²) in [5, 5.41) is 0. The Hall–Kier alpha value is -16.5. The van der Waals surface area contributed by atoms with Crippen molar-refractivity contribution in [1.29, 1.82) is 0 Å². The van der Waals surface area contributed by atoms with Crippen molar-refractivity contribution in [3.8, 4) is 137 Å². The van der Waals surface area contributed by atoms with Gasteiger partial charge in [0, 0.05) is 72.3 Å². The highest BCUT2D eigenvalue weighted by Crippen LogP contribution is 2.41. The standard InChI is InChI=1S/C104H68N6O11/c1-63(111)66-14-37-81(38-15-66)118-85-45-20-70(21-46-85)99-102(73-28-49-86(50-29-73)119-82-39-16-67(17-40-82)64(2)112)110-96-62-78(36-59-93(96)107-99)104(115)75-32-55-90(56-33-75)121-88-51-26-71(27-52-88)100-97(105-91-57-34-76(65(3)113)60-94(91)108-100)69-22-47-87(48-23-69)120-89-53-30-74(31-54-89)103(114)77-35-58-92-95(61-77)109-101(72-24-43-84(44-25-72)117-80-12-8-5-9-13-80)98(106-92)68-18-41-83(42-19-68)116-79-10-6-4-7-11-79/h4-62H,1-3H3. The van der Waals surface area contributed by atoms with E-state index in [0.29, 0.717) is 164 Å². The fourth-order valence-corrected chi connectivity index (χ4v) is 13.9. The van der Waals surface area contributed by atoms with Crippen molar-refractivity contribution < 1.29 is 52.4 Å². The third-order valence-electron chi connectivity index (χ3n) is 20.3. The monoisotopic (exact) mass is 1580 g/mol. The van der Waals surface area contributed by atoms with E-state index in [1.54, 1.807) is 146 Å². The Morgan fingerprint density at radius 2 is 0.347 bits per heavy atom. The highest BCUT2D eigenvalue weighted by molar-refractivity contribution is 6.11. The molecular formula is C104H68N6O11. The van der Waals surface area contributed by atoms with Crippen LogP contribution in [0.3, 0.4) is 0 Å². The number of carbonyl (C=O) groups excluding carboxylic acids is 5. The molecule has 0 spiro atoms. The van der Waals surface area contributed by atoms with Crippen molar-refractivity contribution in [2.75, 3.05) is 0 Å². The lowest BCUT2D eigenvalue weighted by Crippen LogP contribution is -2.03. The molecule has 580 valence electrons. The van der Waals surface area contributed by atoms with Gasteiger partial charge in [-0.1, -0.05) is 36.4 Å². The van der Waals surface area contributed by atoms with Gasteiger partial charge < -0.3 is 28.4 Å². The Labute approximate surface area is 694 Å². The fourth-order valence-electron chi connectivity index (χ4n) is 13.9. The van der Waals surface area contributed by atoms with Crippen LogP contribution in [0.25, 0.3) is 101 Å². The van der Waals surface area contributed by atoms with E-state index in [-0.39, 0.29) is 28.9 Å². The number of fused-ring (bicyclic) bond motifs is 3. The molecule has 18 rings (SSSR count). The maximum atomic E-state index is 14.4. The van der Waals surface area contributed by atoms with Crippen LogP contribution in [-0.2, 0) is 0 Å². The highest BCUT2D eigenvalue weighted by Gasteiger charge is 2.23. The molecule has 3 heterocycles. The minimum Gasteiger partial charge on any atom is -0.457 e. The number of carbonyl (C=O) groups is 5. The van der Waals surface area contributed by atoms with E-state index < -0.39 is 0 Å². The third kappa shape index (κ3) is 17.0. The van der Waals surface area contributed by atoms with Gasteiger partial charge >= 0.3 is 0 Å². The van der Waals surface area contributed by atoms with Gasteiger partial charge in [-0.25, -0.2) is 29.9 Å². The summed E-state index contributed by atoms with van der Waals surface area (Å²) in [6.07, 6.45) is 0. The highest BCUT2D eigenvalue weighted by atomic mass is 16.5. The second-order valence-electron chi connectivity index (χ2n) is 28.7. The summed E-state index contributed by atoms with van der Waals surface area (Å²) in [4.78, 5) is 96.2. The maximum Gasteiger partial charge on any atom is 0.193 e. The summed E-state index contributed by atoms with van der Waals surface area (Å²) in [5.74, 6) is 6.57. The molecule has 15 aromatic carbocycles. The third-order valence-corrected chi connectivity index (χ3v) is 20.3. The average molecular weight is 1580 g/mol. The molecule has 0 aliphatic rings. The van der Waals surface area contributed by atoms with Gasteiger partial charge in [0.25, 0.3) is 0 Å². The van der Waals surface area contributed by atoms with Crippen LogP contribution in [0.15, 0.2) is 358 Å². The van der Waals surface area contributed by atoms with Gasteiger partial charge in [0.2, 0.25) is 0 Å². The molecule has 18 aromatic rings. The first-order valence-corrected chi connectivity index (χ1v) is 38.9. The normalized spacial score (nSPS) is 11.1. The van der Waals surface area contributed by atoms with Gasteiger partial charge in [-0.3, -0.25) is 24.0 Å². The molecule has 0 aliphatic carbocycles. The molecule has 0 amide bonds. The second kappa shape index (κ2) is 33.4. The topological polar surface area (TPSA) is 218 Å². The Morgan fingerprint density at radius 3 is 0.570 bits per heavy atom. The van der Waals surface area contributed by atoms with Crippen LogP contribution in [0.5, 0.6) is 69.0 Å². The van der Waals surface area contributed by atoms with Gasteiger partial charge in [0.05, 0.1) is 67.3 Å². The predicted octanol–water partition coefficient (Wildman–Crippen LogP) is 25.3. The number of para-hydroxylation sites is 2. The van der Waals surface area contributed by atoms with Gasteiger partial charge in [-0.05, 0) is 342 Å². The van der Waals surface area contributed by atoms with Crippen LogP contribution in [0.2, 0.25) is 0 Å². The van der Waals surface area contributed by atoms with Crippen molar-refractivity contribution in [3.05, 3.63) is 397 Å². The lowest BCUT2D eigenvalue weighted by molar-refractivity contribution is 0.100. The zero-order valence-electron chi connectivity index (χ0n) is 65.2. The van der Waals surface area contributed by atoms with Crippen LogP contribution < -0.4 is 28.4 Å². The van der Waals surface area contributed by atoms with Crippen molar-refractivity contribution >= 4 is 62.0 Å². The zero-order valence-corrected chi connectivity index (χ0v) is 65.2. The summed E-state index contributed by atoms with van der Waals surface area (Å²) < 4.78 is 37.3. The maximum absolute atomic E-state index is 14.4. The van der Waals surface area contributed by atoms with E-state index >= 15 is 0 Å². The first-order chi connectivity index (χ1) is 59.1. The van der Waals surface area contributed by atoms with E-state index in [9.17, 15) is 24.0 Å². The Morgan fingerprint density at radius 1 is 0.174 bits per heavy atom. The molecule has 0 aliphatic heterocycles. The van der Waals surface area contributed by atoms with E-state index in [0.717, 1.165) is 44.9 Å². The van der Waals surface area contributed by atoms with Crippen molar-refractivity contribution in [3.63, 3.8) is 0 Å². The van der Waals surface area contributed by atoms with Gasteiger partial charge in [0.1, 0.15) is 69.0 Å². The van der Waals surface area contributed by atoms with Crippen LogP contribution in [-0.4, -0.2) is 58.8 Å². The second-order valence-corrected chi connectivity index (χ2v) is 28.7. The number of hydrogen-bond acceptors (Lipinski definition) is 17. The fraction of sp³-hybridized carbons (Fsp3) is 0.0288. The Bertz CT molecular complexity index is 6990. The minimum atomic E-state index is -0.232. The molecule has 0 atom stereocenters. The first-order valence-electron chi connectivity index (χ1n) is 38.9. The lowest BCUT2D eigenvalue weighted by atomic mass is 10.0. The number of ether oxygens (including phenoxy) is 6. The van der Waals surface area contributed by atoms with E-state index in [1.807, 2.05) is 212 Å². The molecule has 17 heteroatoms. The number of ketones is 5. The number of nitrogens with zero attached hydrogens (tertiary/aromatic N) is 6. The number of aromatic nitrogens is 6. The number of hydrogen-bond donors (Lipinski definition) is 0. The largest absolute Gasteiger partial charge is 0.457 e. The average Bonchev–Trinajstić information content (AvgIpc) is 0.778. The Kier molecular flexibility index (Phi) is 20.9. The summed E-state index contributed by atoms with van der Waals surface area (Å²) >= 11 is 0. The van der Waals surface area contributed by atoms with E-state index in [2.05, 4.69) is 0 Å². The van der Waals surface area contributed by atoms with E-state index in [1.165, 1.54) is 20.8 Å². The molecule has 0 saturated heterocycles. The van der Waals surface area contributed by atoms with Crippen LogP contribution in [0, 0.1) is 0 Å². The number of Topliss-reactive ketones (excluding diaryl/α,β-unsaturated/α-hetero) is 3. The van der Waals surface area contributed by atoms with Crippen molar-refractivity contribution in [1.82, 2.24) is 29.9 Å². The molecule has 0 unspecified atom stereocenters. The van der Waals surface area contributed by atoms with Gasteiger partial charge in [-0.2, -0.15) is 0 Å². The molecule has 0 N–H and O–H groups in total. The molecular weight excluding hydrogens is 1510 g/mol. The molecule has 17 nitrogen and oxygen atoms in total. The van der Waals surface area contributed by atoms with Crippen LogP contribution >= 0.6 is 0 Å². The molecule has 121 heavy (non-hydrogen) atoms. The minimum absolute atomic E-state index is 0.0334. The molecule has 0 saturated carbocycles. The molecule has 0 fully saturated rings. The lowest BCUT2D eigenvalue weighted by Gasteiger charge is -2.13. The van der Waals surface area contributed by atoms with Gasteiger partial charge in [-0.15, -0.1) is 0 Å². The summed E-state index contributed by atoms with van der Waals surface area (Å²) in [6.45, 7) is 4.55. The zero-order chi connectivity index (χ0) is 82.5. The van der Waals surface area contributed by atoms with Crippen molar-refractivity contribution in [2.45, 2.75) is 20.8 Å². The smallest absolute Gasteiger partial charge is 0.193 e. The predicted molar refractivity (Wildman–Crippen MR) is 467 cm³/mol. The first kappa shape index (κ1) is 75.8. The summed E-state index contributed by atoms with van der Waals surface area (Å²) in [5.41, 5.74) is 15.0. The van der Waals surface area contributed by atoms with Crippen LogP contribution in [0.4, 0.5) is 0 Å². The molecule has 3 aromatic heterocycles. The van der Waals surface area contributed by atoms with Crippen LogP contribution in [0.1, 0.15) is 83.7 Å². The summed E-state index contributed by atoms with van der Waals surface area (Å²) in [7, 11) is 0. The molecule has 0 bridgehead atoms. The molecule has 0 radical (unpaired) electrons. The van der Waals surface area contributed by atoms with Gasteiger partial charge in [0.15, 0.2) is 28.9 Å². The quantitative estimate of drug-likeness (QED) is 0.0486. The number of rotatable bonds is 25.